The van der Waals surface area contributed by atoms with Crippen molar-refractivity contribution in [1.29, 1.82) is 0 Å². The van der Waals surface area contributed by atoms with E-state index in [0.717, 1.165) is 0 Å². The van der Waals surface area contributed by atoms with Gasteiger partial charge < -0.3 is 15.2 Å². The Kier molecular flexibility index (Phi) is 4.22. The molecule has 0 radical (unpaired) electrons. The maximum atomic E-state index is 12.5. The van der Waals surface area contributed by atoms with E-state index in [9.17, 15) is 14.5 Å². The van der Waals surface area contributed by atoms with E-state index in [1.807, 2.05) is 0 Å². The average molecular weight is 244 g/mol. The number of hydrogen-bond donors (Lipinski definition) is 1. The lowest BCUT2D eigenvalue weighted by molar-refractivity contribution is -0.385. The number of nitrogens with zero attached hydrogens (tertiary/aromatic N) is 1. The van der Waals surface area contributed by atoms with Crippen molar-refractivity contribution in [3.8, 4) is 11.5 Å². The largest absolute Gasteiger partial charge is 0.493 e. The van der Waals surface area contributed by atoms with Crippen molar-refractivity contribution in [2.24, 2.45) is 5.73 Å². The molecule has 1 aromatic rings. The van der Waals surface area contributed by atoms with Crippen LogP contribution >= 0.6 is 0 Å². The summed E-state index contributed by atoms with van der Waals surface area (Å²) < 4.78 is 22.4. The quantitative estimate of drug-likeness (QED) is 0.627. The van der Waals surface area contributed by atoms with Gasteiger partial charge in [-0.05, 0) is 6.07 Å². The van der Waals surface area contributed by atoms with Gasteiger partial charge >= 0.3 is 0 Å². The highest BCUT2D eigenvalue weighted by molar-refractivity contribution is 5.55. The van der Waals surface area contributed by atoms with Crippen LogP contribution in [-0.4, -0.2) is 25.8 Å². The van der Waals surface area contributed by atoms with Crippen molar-refractivity contribution < 1.29 is 18.8 Å². The second-order valence-electron chi connectivity index (χ2n) is 3.28. The van der Waals surface area contributed by atoms with Crippen LogP contribution < -0.4 is 15.2 Å². The Morgan fingerprint density at radius 3 is 2.35 bits per heavy atom. The Balaban J connectivity index is 3.40. The highest BCUT2D eigenvalue weighted by atomic mass is 19.1. The Morgan fingerprint density at radius 2 is 1.94 bits per heavy atom. The second-order valence-corrected chi connectivity index (χ2v) is 3.28. The molecule has 0 unspecified atom stereocenters. The van der Waals surface area contributed by atoms with Gasteiger partial charge in [-0.25, -0.2) is 4.39 Å². The third kappa shape index (κ3) is 2.62. The van der Waals surface area contributed by atoms with E-state index < -0.39 is 17.6 Å². The van der Waals surface area contributed by atoms with E-state index in [-0.39, 0.29) is 22.7 Å². The average Bonchev–Trinajstić information content (AvgIpc) is 2.35. The van der Waals surface area contributed by atoms with Crippen molar-refractivity contribution in [2.75, 3.05) is 20.9 Å². The van der Waals surface area contributed by atoms with Crippen LogP contribution in [0.5, 0.6) is 11.5 Å². The first kappa shape index (κ1) is 13.2. The molecule has 0 aliphatic rings. The Labute approximate surface area is 97.3 Å². The first-order chi connectivity index (χ1) is 8.04. The molecule has 0 heterocycles. The third-order valence-corrected chi connectivity index (χ3v) is 2.30. The lowest BCUT2D eigenvalue weighted by Crippen LogP contribution is -2.14. The number of halogens is 1. The first-order valence-corrected chi connectivity index (χ1v) is 4.77. The van der Waals surface area contributed by atoms with Crippen molar-refractivity contribution in [2.45, 2.75) is 6.04 Å². The van der Waals surface area contributed by atoms with E-state index in [1.165, 1.54) is 26.4 Å². The van der Waals surface area contributed by atoms with E-state index in [1.54, 1.807) is 0 Å². The van der Waals surface area contributed by atoms with Crippen LogP contribution in [0.25, 0.3) is 0 Å². The zero-order valence-electron chi connectivity index (χ0n) is 9.47. The van der Waals surface area contributed by atoms with Crippen molar-refractivity contribution in [1.82, 2.24) is 0 Å². The number of rotatable bonds is 5. The fourth-order valence-electron chi connectivity index (χ4n) is 1.42. The summed E-state index contributed by atoms with van der Waals surface area (Å²) in [7, 11) is 2.74. The number of methoxy groups -OCH3 is 2. The van der Waals surface area contributed by atoms with Gasteiger partial charge in [0.15, 0.2) is 11.5 Å². The Bertz CT molecular complexity index is 425. The predicted octanol–water partition coefficient (Wildman–Crippen LogP) is 1.58. The molecule has 0 saturated carbocycles. The van der Waals surface area contributed by atoms with Crippen molar-refractivity contribution >= 4 is 5.69 Å². The number of alkyl halides is 1. The molecule has 17 heavy (non-hydrogen) atoms. The molecule has 7 heteroatoms. The molecule has 0 amide bonds. The van der Waals surface area contributed by atoms with Gasteiger partial charge in [-0.2, -0.15) is 0 Å². The number of hydrogen-bond acceptors (Lipinski definition) is 5. The minimum Gasteiger partial charge on any atom is -0.493 e. The molecule has 2 N–H and O–H groups in total. The van der Waals surface area contributed by atoms with Gasteiger partial charge in [0.2, 0.25) is 0 Å². The van der Waals surface area contributed by atoms with Gasteiger partial charge in [-0.3, -0.25) is 10.1 Å². The summed E-state index contributed by atoms with van der Waals surface area (Å²) in [5.74, 6) is 0.478. The Hall–Kier alpha value is -1.89. The summed E-state index contributed by atoms with van der Waals surface area (Å²) in [6.45, 7) is -0.893. The highest BCUT2D eigenvalue weighted by Crippen LogP contribution is 2.36. The van der Waals surface area contributed by atoms with Crippen LogP contribution in [-0.2, 0) is 0 Å². The molecule has 94 valence electrons. The predicted molar refractivity (Wildman–Crippen MR) is 59.1 cm³/mol. The van der Waals surface area contributed by atoms with E-state index >= 15 is 0 Å². The molecular weight excluding hydrogens is 231 g/mol. The minimum absolute atomic E-state index is 0.0788. The van der Waals surface area contributed by atoms with Crippen LogP contribution in [0.15, 0.2) is 12.1 Å². The zero-order valence-corrected chi connectivity index (χ0v) is 9.47. The molecule has 0 saturated heterocycles. The van der Waals surface area contributed by atoms with Gasteiger partial charge in [0.25, 0.3) is 5.69 Å². The standard InChI is InChI=1S/C10H13FN2O4/c1-16-9-3-6(7(12)5-11)8(13(14)15)4-10(9)17-2/h3-4,7H,5,12H2,1-2H3/t7-/m0/s1. The van der Waals surface area contributed by atoms with Crippen LogP contribution in [0.3, 0.4) is 0 Å². The monoisotopic (exact) mass is 244 g/mol. The molecule has 0 spiro atoms. The summed E-state index contributed by atoms with van der Waals surface area (Å²) in [4.78, 5) is 10.2. The zero-order chi connectivity index (χ0) is 13.0. The maximum absolute atomic E-state index is 12.5. The number of ether oxygens (including phenoxy) is 2. The number of nitrogens with two attached hydrogens (primary N) is 1. The minimum atomic E-state index is -1.06. The molecule has 6 nitrogen and oxygen atoms in total. The SMILES string of the molecule is COc1cc([C@@H](N)CF)c([N+](=O)[O-])cc1OC. The van der Waals surface area contributed by atoms with E-state index in [0.29, 0.717) is 0 Å². The molecule has 1 atom stereocenters. The van der Waals surface area contributed by atoms with Crippen LogP contribution in [0.1, 0.15) is 11.6 Å². The molecular formula is C10H13FN2O4. The topological polar surface area (TPSA) is 87.6 Å². The van der Waals surface area contributed by atoms with Gasteiger partial charge in [-0.1, -0.05) is 0 Å². The van der Waals surface area contributed by atoms with E-state index in [4.69, 9.17) is 15.2 Å². The highest BCUT2D eigenvalue weighted by Gasteiger charge is 2.23. The second kappa shape index (κ2) is 5.44. The van der Waals surface area contributed by atoms with Gasteiger partial charge in [-0.15, -0.1) is 0 Å². The lowest BCUT2D eigenvalue weighted by atomic mass is 10.1. The molecule has 1 aromatic carbocycles. The van der Waals surface area contributed by atoms with Gasteiger partial charge in [0.1, 0.15) is 6.67 Å². The molecule has 1 rings (SSSR count). The van der Waals surface area contributed by atoms with Crippen molar-refractivity contribution in [3.63, 3.8) is 0 Å². The summed E-state index contributed by atoms with van der Waals surface area (Å²) >= 11 is 0. The molecule has 0 aliphatic carbocycles. The summed E-state index contributed by atoms with van der Waals surface area (Å²) in [5, 5.41) is 10.8. The summed E-state index contributed by atoms with van der Waals surface area (Å²) in [6.07, 6.45) is 0. The van der Waals surface area contributed by atoms with Crippen LogP contribution in [0.4, 0.5) is 10.1 Å². The molecule has 0 bridgehead atoms. The number of benzene rings is 1. The van der Waals surface area contributed by atoms with E-state index in [2.05, 4.69) is 0 Å². The normalized spacial score (nSPS) is 12.0. The fraction of sp³-hybridized carbons (Fsp3) is 0.400. The van der Waals surface area contributed by atoms with Crippen molar-refractivity contribution in [3.05, 3.63) is 27.8 Å². The molecule has 0 aliphatic heterocycles. The van der Waals surface area contributed by atoms with Crippen LogP contribution in [0.2, 0.25) is 0 Å². The molecule has 0 aromatic heterocycles. The first-order valence-electron chi connectivity index (χ1n) is 4.77. The fourth-order valence-corrected chi connectivity index (χ4v) is 1.42. The Morgan fingerprint density at radius 1 is 1.41 bits per heavy atom. The smallest absolute Gasteiger partial charge is 0.278 e. The number of nitro groups is 1. The van der Waals surface area contributed by atoms with Gasteiger partial charge in [0, 0.05) is 0 Å². The maximum Gasteiger partial charge on any atom is 0.278 e. The summed E-state index contributed by atoms with van der Waals surface area (Å²) in [5.41, 5.74) is 5.27. The lowest BCUT2D eigenvalue weighted by Gasteiger charge is -2.13. The third-order valence-electron chi connectivity index (χ3n) is 2.30. The summed E-state index contributed by atoms with van der Waals surface area (Å²) in [6, 6.07) is 1.43. The molecule has 0 fully saturated rings. The number of nitro benzene ring substituents is 1. The van der Waals surface area contributed by atoms with Gasteiger partial charge in [0.05, 0.1) is 36.8 Å². The van der Waals surface area contributed by atoms with Crippen LogP contribution in [0, 0.1) is 10.1 Å².